The van der Waals surface area contributed by atoms with Gasteiger partial charge in [0.05, 0.1) is 12.2 Å². The Labute approximate surface area is 178 Å². The molecule has 31 heavy (non-hydrogen) atoms. The Hall–Kier alpha value is -3.23. The van der Waals surface area contributed by atoms with Crippen molar-refractivity contribution in [1.82, 2.24) is 10.6 Å². The molecular formula is C22H25F3N2O4. The first-order valence-electron chi connectivity index (χ1n) is 9.75. The number of alkyl halides is 3. The highest BCUT2D eigenvalue weighted by molar-refractivity contribution is 5.99. The van der Waals surface area contributed by atoms with Crippen LogP contribution in [0.5, 0.6) is 11.5 Å². The summed E-state index contributed by atoms with van der Waals surface area (Å²) in [6.07, 6.45) is -4.76. The summed E-state index contributed by atoms with van der Waals surface area (Å²) in [6, 6.07) is 11.1. The van der Waals surface area contributed by atoms with Crippen LogP contribution in [-0.4, -0.2) is 30.8 Å². The molecule has 2 amide bonds. The zero-order valence-electron chi connectivity index (χ0n) is 17.5. The number of hydrogen-bond donors (Lipinski definition) is 2. The third kappa shape index (κ3) is 7.51. The molecule has 0 aliphatic heterocycles. The van der Waals surface area contributed by atoms with Gasteiger partial charge >= 0.3 is 6.36 Å². The van der Waals surface area contributed by atoms with E-state index in [1.807, 2.05) is 0 Å². The second-order valence-electron chi connectivity index (χ2n) is 7.03. The van der Waals surface area contributed by atoms with E-state index in [9.17, 15) is 22.8 Å². The molecule has 6 nitrogen and oxygen atoms in total. The lowest BCUT2D eigenvalue weighted by atomic mass is 10.0. The third-order valence-electron chi connectivity index (χ3n) is 4.29. The van der Waals surface area contributed by atoms with Gasteiger partial charge in [-0.05, 0) is 42.7 Å². The zero-order valence-corrected chi connectivity index (χ0v) is 17.5. The summed E-state index contributed by atoms with van der Waals surface area (Å²) in [5, 5.41) is 5.42. The number of amides is 2. The fourth-order valence-electron chi connectivity index (χ4n) is 2.80. The zero-order chi connectivity index (χ0) is 23.0. The van der Waals surface area contributed by atoms with E-state index in [0.717, 1.165) is 0 Å². The minimum absolute atomic E-state index is 0.0831. The maximum Gasteiger partial charge on any atom is 0.573 e. The topological polar surface area (TPSA) is 76.7 Å². The van der Waals surface area contributed by atoms with Crippen molar-refractivity contribution in [2.24, 2.45) is 5.92 Å². The molecule has 2 rings (SSSR count). The molecule has 2 aromatic rings. The molecule has 1 atom stereocenters. The highest BCUT2D eigenvalue weighted by Gasteiger charge is 2.31. The first-order valence-corrected chi connectivity index (χ1v) is 9.75. The molecule has 0 aromatic heterocycles. The maximum atomic E-state index is 12.7. The summed E-state index contributed by atoms with van der Waals surface area (Å²) in [4.78, 5) is 25.4. The molecule has 0 aliphatic carbocycles. The number of nitrogens with one attached hydrogen (secondary N) is 2. The molecule has 0 saturated heterocycles. The van der Waals surface area contributed by atoms with Crippen molar-refractivity contribution in [3.8, 4) is 11.5 Å². The van der Waals surface area contributed by atoms with Gasteiger partial charge in [-0.1, -0.05) is 38.1 Å². The molecule has 0 heterocycles. The van der Waals surface area contributed by atoms with Crippen LogP contribution in [-0.2, 0) is 11.3 Å². The van der Waals surface area contributed by atoms with Crippen LogP contribution in [0.1, 0.15) is 36.7 Å². The number of ether oxygens (including phenoxy) is 2. The molecule has 0 saturated carbocycles. The van der Waals surface area contributed by atoms with Gasteiger partial charge in [-0.15, -0.1) is 13.2 Å². The van der Waals surface area contributed by atoms with E-state index in [0.29, 0.717) is 23.5 Å². The molecule has 0 bridgehead atoms. The first kappa shape index (κ1) is 24.0. The smallest absolute Gasteiger partial charge is 0.493 e. The molecule has 0 spiro atoms. The van der Waals surface area contributed by atoms with Gasteiger partial charge in [-0.25, -0.2) is 0 Å². The monoisotopic (exact) mass is 438 g/mol. The minimum Gasteiger partial charge on any atom is -0.493 e. The van der Waals surface area contributed by atoms with Crippen molar-refractivity contribution in [2.75, 3.05) is 6.61 Å². The fourth-order valence-corrected chi connectivity index (χ4v) is 2.80. The highest BCUT2D eigenvalue weighted by Crippen LogP contribution is 2.23. The van der Waals surface area contributed by atoms with Gasteiger partial charge in [0.2, 0.25) is 5.91 Å². The van der Waals surface area contributed by atoms with Gasteiger partial charge in [0, 0.05) is 6.54 Å². The van der Waals surface area contributed by atoms with Crippen molar-refractivity contribution in [1.29, 1.82) is 0 Å². The van der Waals surface area contributed by atoms with Crippen LogP contribution in [0.15, 0.2) is 48.5 Å². The maximum absolute atomic E-state index is 12.7. The second-order valence-corrected chi connectivity index (χ2v) is 7.03. The van der Waals surface area contributed by atoms with E-state index in [2.05, 4.69) is 15.4 Å². The molecule has 0 radical (unpaired) electrons. The lowest BCUT2D eigenvalue weighted by Gasteiger charge is -2.22. The summed E-state index contributed by atoms with van der Waals surface area (Å²) in [7, 11) is 0. The predicted molar refractivity (Wildman–Crippen MR) is 109 cm³/mol. The van der Waals surface area contributed by atoms with Gasteiger partial charge in [-0.3, -0.25) is 9.59 Å². The van der Waals surface area contributed by atoms with Crippen LogP contribution in [0.4, 0.5) is 13.2 Å². The molecule has 2 N–H and O–H groups in total. The van der Waals surface area contributed by atoms with Crippen LogP contribution in [0.25, 0.3) is 0 Å². The van der Waals surface area contributed by atoms with Crippen LogP contribution in [0, 0.1) is 5.92 Å². The van der Waals surface area contributed by atoms with Gasteiger partial charge in [0.25, 0.3) is 5.91 Å². The average Bonchev–Trinajstić information content (AvgIpc) is 2.70. The van der Waals surface area contributed by atoms with Crippen LogP contribution in [0.3, 0.4) is 0 Å². The predicted octanol–water partition coefficient (Wildman–Crippen LogP) is 4.05. The second kappa shape index (κ2) is 10.7. The number of halogens is 3. The van der Waals surface area contributed by atoms with E-state index in [4.69, 9.17) is 4.74 Å². The van der Waals surface area contributed by atoms with Crippen molar-refractivity contribution in [3.63, 3.8) is 0 Å². The Balaban J connectivity index is 2.00. The summed E-state index contributed by atoms with van der Waals surface area (Å²) in [5.41, 5.74) is 0.904. The number of rotatable bonds is 9. The molecule has 0 fully saturated rings. The summed E-state index contributed by atoms with van der Waals surface area (Å²) < 4.78 is 46.0. The first-order chi connectivity index (χ1) is 14.6. The third-order valence-corrected chi connectivity index (χ3v) is 4.29. The molecule has 0 aliphatic rings. The standard InChI is InChI=1S/C22H25F3N2O4/c1-4-30-18-8-6-5-7-17(18)20(28)27-19(14(2)3)21(29)26-13-15-9-11-16(12-10-15)31-22(23,24)25/h5-12,14,19H,4,13H2,1-3H3,(H,26,29)(H,27,28)/t19-/m0/s1. The molecule has 168 valence electrons. The normalized spacial score (nSPS) is 12.2. The van der Waals surface area contributed by atoms with E-state index in [1.54, 1.807) is 45.0 Å². The highest BCUT2D eigenvalue weighted by atomic mass is 19.4. The quantitative estimate of drug-likeness (QED) is 0.619. The Bertz CT molecular complexity index is 883. The Morgan fingerprint density at radius 1 is 1.03 bits per heavy atom. The van der Waals surface area contributed by atoms with Crippen LogP contribution in [0.2, 0.25) is 0 Å². The Morgan fingerprint density at radius 2 is 1.68 bits per heavy atom. The Kier molecular flexibility index (Phi) is 8.30. The van der Waals surface area contributed by atoms with Gasteiger partial charge in [0.1, 0.15) is 17.5 Å². The van der Waals surface area contributed by atoms with E-state index < -0.39 is 24.2 Å². The average molecular weight is 438 g/mol. The largest absolute Gasteiger partial charge is 0.573 e. The van der Waals surface area contributed by atoms with Gasteiger partial charge in [-0.2, -0.15) is 0 Å². The number of carbonyl (C=O) groups is 2. The Morgan fingerprint density at radius 3 is 2.26 bits per heavy atom. The van der Waals surface area contributed by atoms with Gasteiger partial charge < -0.3 is 20.1 Å². The van der Waals surface area contributed by atoms with E-state index in [1.165, 1.54) is 24.3 Å². The number of para-hydroxylation sites is 1. The number of hydrogen-bond acceptors (Lipinski definition) is 4. The van der Waals surface area contributed by atoms with Crippen molar-refractivity contribution in [3.05, 3.63) is 59.7 Å². The summed E-state index contributed by atoms with van der Waals surface area (Å²) in [5.74, 6) is -0.973. The van der Waals surface area contributed by atoms with Crippen molar-refractivity contribution in [2.45, 2.75) is 39.7 Å². The lowest BCUT2D eigenvalue weighted by molar-refractivity contribution is -0.274. The summed E-state index contributed by atoms with van der Waals surface area (Å²) in [6.45, 7) is 5.87. The van der Waals surface area contributed by atoms with E-state index in [-0.39, 0.29) is 18.2 Å². The van der Waals surface area contributed by atoms with Gasteiger partial charge in [0.15, 0.2) is 0 Å². The molecular weight excluding hydrogens is 413 g/mol. The summed E-state index contributed by atoms with van der Waals surface area (Å²) >= 11 is 0. The molecule has 9 heteroatoms. The van der Waals surface area contributed by atoms with Crippen LogP contribution >= 0.6 is 0 Å². The molecule has 2 aromatic carbocycles. The molecule has 0 unspecified atom stereocenters. The van der Waals surface area contributed by atoms with Crippen molar-refractivity contribution >= 4 is 11.8 Å². The lowest BCUT2D eigenvalue weighted by Crippen LogP contribution is -2.49. The van der Waals surface area contributed by atoms with Crippen LogP contribution < -0.4 is 20.1 Å². The fraction of sp³-hybridized carbons (Fsp3) is 0.364. The van der Waals surface area contributed by atoms with Crippen molar-refractivity contribution < 1.29 is 32.2 Å². The number of carbonyl (C=O) groups excluding carboxylic acids is 2. The number of benzene rings is 2. The van der Waals surface area contributed by atoms with E-state index >= 15 is 0 Å². The minimum atomic E-state index is -4.76. The SMILES string of the molecule is CCOc1ccccc1C(=O)N[C@H](C(=O)NCc1ccc(OC(F)(F)F)cc1)C(C)C.